The van der Waals surface area contributed by atoms with Gasteiger partial charge in [-0.1, -0.05) is 38.8 Å². The zero-order chi connectivity index (χ0) is 8.91. The molecule has 0 rings (SSSR count). The van der Waals surface area contributed by atoms with E-state index in [1.807, 2.05) is 0 Å². The second-order valence-electron chi connectivity index (χ2n) is 4.50. The van der Waals surface area contributed by atoms with Crippen LogP contribution in [0.15, 0.2) is 0 Å². The van der Waals surface area contributed by atoms with E-state index in [1.165, 1.54) is 18.2 Å². The quantitative estimate of drug-likeness (QED) is 0.491. The first-order valence-electron chi connectivity index (χ1n) is 4.56. The number of hydrogen-bond donors (Lipinski definition) is 0. The lowest BCUT2D eigenvalue weighted by atomic mass is 10.6. The molecule has 0 saturated carbocycles. The summed E-state index contributed by atoms with van der Waals surface area (Å²) in [6.07, 6.45) is 1.47. The molecule has 0 radical (unpaired) electrons. The van der Waals surface area contributed by atoms with Crippen molar-refractivity contribution in [2.45, 2.75) is 45.2 Å². The van der Waals surface area contributed by atoms with E-state index in [9.17, 15) is 0 Å². The van der Waals surface area contributed by atoms with E-state index in [2.05, 4.69) is 43.9 Å². The van der Waals surface area contributed by atoms with Crippen LogP contribution in [-0.4, -0.2) is 21.8 Å². The Hall–Kier alpha value is 0.784. The van der Waals surface area contributed by atoms with Crippen LogP contribution >= 0.6 is 11.2 Å². The summed E-state index contributed by atoms with van der Waals surface area (Å²) in [7, 11) is -1.05. The van der Waals surface area contributed by atoms with E-state index in [1.54, 1.807) is 0 Å². The molecule has 0 unspecified atom stereocenters. The smallest absolute Gasteiger partial charge is 0.108 e. The summed E-state index contributed by atoms with van der Waals surface area (Å²) in [6.45, 7) is 12.2. The average molecular weight is 207 g/mol. The highest BCUT2D eigenvalue weighted by molar-refractivity contribution is 8.28. The monoisotopic (exact) mass is 206 g/mol. The first kappa shape index (κ1) is 11.8. The molecule has 0 aromatic heterocycles. The number of rotatable bonds is 5. The number of hydrogen-bond acceptors (Lipinski definition) is 1. The van der Waals surface area contributed by atoms with Gasteiger partial charge in [-0.3, -0.25) is 0 Å². The molecule has 0 nitrogen and oxygen atoms in total. The maximum absolute atomic E-state index is 2.44. The first-order chi connectivity index (χ1) is 4.92. The van der Waals surface area contributed by atoms with Crippen molar-refractivity contribution in [1.82, 2.24) is 0 Å². The van der Waals surface area contributed by atoms with Crippen LogP contribution in [0.1, 0.15) is 6.42 Å². The Morgan fingerprint density at radius 3 is 2.09 bits per heavy atom. The van der Waals surface area contributed by atoms with E-state index in [-0.39, 0.29) is 8.80 Å². The highest BCUT2D eigenvalue weighted by Crippen LogP contribution is 2.20. The van der Waals surface area contributed by atoms with Gasteiger partial charge in [-0.15, -0.1) is 0 Å². The summed E-state index contributed by atoms with van der Waals surface area (Å²) >= 11 is 2.24. The molecule has 0 bridgehead atoms. The fraction of sp³-hybridized carbons (Fsp3) is 1.00. The molecule has 0 aliphatic rings. The molecule has 0 spiro atoms. The Labute approximate surface area is 78.4 Å². The topological polar surface area (TPSA) is 0 Å². The molecule has 0 heterocycles. The lowest BCUT2D eigenvalue weighted by Gasteiger charge is -2.14. The van der Waals surface area contributed by atoms with E-state index >= 15 is 0 Å². The van der Waals surface area contributed by atoms with Crippen molar-refractivity contribution in [2.75, 3.05) is 5.75 Å². The van der Waals surface area contributed by atoms with Gasteiger partial charge >= 0.3 is 0 Å². The maximum Gasteiger partial charge on any atom is 0.108 e. The van der Waals surface area contributed by atoms with Gasteiger partial charge < -0.3 is 0 Å². The maximum atomic E-state index is 2.44. The predicted molar refractivity (Wildman–Crippen MR) is 64.1 cm³/mol. The zero-order valence-corrected chi connectivity index (χ0v) is 11.6. The molecule has 0 atom stereocenters. The molecule has 11 heavy (non-hydrogen) atoms. The minimum atomic E-state index is -0.797. The lowest BCUT2D eigenvalue weighted by Crippen LogP contribution is -2.15. The van der Waals surface area contributed by atoms with Crippen molar-refractivity contribution in [3.05, 3.63) is 0 Å². The molecule has 0 amide bonds. The van der Waals surface area contributed by atoms with Crippen LogP contribution in [0.3, 0.4) is 0 Å². The van der Waals surface area contributed by atoms with Gasteiger partial charge in [-0.25, -0.2) is 0 Å². The van der Waals surface area contributed by atoms with Crippen molar-refractivity contribution in [3.8, 4) is 0 Å². The summed E-state index contributed by atoms with van der Waals surface area (Å²) in [5.41, 5.74) is 0. The van der Waals surface area contributed by atoms with Gasteiger partial charge in [-0.05, 0) is 12.2 Å². The molecule has 0 aromatic rings. The van der Waals surface area contributed by atoms with Crippen LogP contribution in [0.4, 0.5) is 0 Å². The van der Waals surface area contributed by atoms with Crippen LogP contribution in [0.2, 0.25) is 38.8 Å². The summed E-state index contributed by atoms with van der Waals surface area (Å²) in [5.74, 6) is 1.42. The summed E-state index contributed by atoms with van der Waals surface area (Å²) in [5, 5.41) is 0. The fourth-order valence-corrected chi connectivity index (χ4v) is 5.38. The van der Waals surface area contributed by atoms with Crippen LogP contribution in [0.5, 0.6) is 0 Å². The van der Waals surface area contributed by atoms with Crippen molar-refractivity contribution >= 4 is 27.2 Å². The summed E-state index contributed by atoms with van der Waals surface area (Å²) in [6, 6.07) is 1.54. The third-order valence-corrected chi connectivity index (χ3v) is 7.59. The van der Waals surface area contributed by atoms with Gasteiger partial charge in [0.2, 0.25) is 0 Å². The molecular formula is C8H22SSi2. The van der Waals surface area contributed by atoms with E-state index in [0.717, 1.165) is 0 Å². The van der Waals surface area contributed by atoms with Gasteiger partial charge in [0.25, 0.3) is 0 Å². The summed E-state index contributed by atoms with van der Waals surface area (Å²) < 4.78 is 0. The van der Waals surface area contributed by atoms with Crippen LogP contribution < -0.4 is 0 Å². The third-order valence-electron chi connectivity index (χ3n) is 1.46. The van der Waals surface area contributed by atoms with E-state index in [0.29, 0.717) is 0 Å². The molecule has 3 heteroatoms. The van der Waals surface area contributed by atoms with Gasteiger partial charge in [0.15, 0.2) is 0 Å². The Morgan fingerprint density at radius 1 is 1.18 bits per heavy atom. The zero-order valence-electron chi connectivity index (χ0n) is 8.61. The molecule has 0 fully saturated rings. The molecule has 0 aliphatic carbocycles. The van der Waals surface area contributed by atoms with Crippen LogP contribution in [0.25, 0.3) is 0 Å². The van der Waals surface area contributed by atoms with Gasteiger partial charge in [0.1, 0.15) is 7.22 Å². The van der Waals surface area contributed by atoms with E-state index < -0.39 is 7.22 Å². The fourth-order valence-electron chi connectivity index (χ4n) is 0.870. The van der Waals surface area contributed by atoms with Crippen molar-refractivity contribution in [2.24, 2.45) is 0 Å². The Balaban J connectivity index is 3.15. The highest BCUT2D eigenvalue weighted by Gasteiger charge is 2.12. The predicted octanol–water partition coefficient (Wildman–Crippen LogP) is 3.43. The highest BCUT2D eigenvalue weighted by atomic mass is 32.4. The second-order valence-corrected chi connectivity index (χ2v) is 17.3. The molecular weight excluding hydrogens is 184 g/mol. The third kappa shape index (κ3) is 10.8. The Bertz CT molecular complexity index is 96.8. The van der Waals surface area contributed by atoms with Gasteiger partial charge in [-0.2, -0.15) is 11.2 Å². The standard InChI is InChI=1S/C8H22SSi2/c1-10(2)8-6-7-9-11(3,4)5/h10H,6-8H2,1-5H3. The SMILES string of the molecule is C[SiH](C)CCCS[Si](C)(C)C. The van der Waals surface area contributed by atoms with Gasteiger partial charge in [0, 0.05) is 8.80 Å². The van der Waals surface area contributed by atoms with Crippen LogP contribution in [0, 0.1) is 0 Å². The lowest BCUT2D eigenvalue weighted by molar-refractivity contribution is 1.08. The van der Waals surface area contributed by atoms with Gasteiger partial charge in [0.05, 0.1) is 0 Å². The normalized spacial score (nSPS) is 12.5. The molecule has 68 valence electrons. The molecule has 0 N–H and O–H groups in total. The van der Waals surface area contributed by atoms with E-state index in [4.69, 9.17) is 0 Å². The summed E-state index contributed by atoms with van der Waals surface area (Å²) in [4.78, 5) is 0. The minimum Gasteiger partial charge on any atom is -0.186 e. The van der Waals surface area contributed by atoms with Crippen LogP contribution in [-0.2, 0) is 0 Å². The second kappa shape index (κ2) is 5.43. The largest absolute Gasteiger partial charge is 0.186 e. The molecule has 0 saturated heterocycles. The Morgan fingerprint density at radius 2 is 1.73 bits per heavy atom. The average Bonchev–Trinajstić information content (AvgIpc) is 1.78. The van der Waals surface area contributed by atoms with Crippen molar-refractivity contribution in [3.63, 3.8) is 0 Å². The Kier molecular flexibility index (Phi) is 5.82. The first-order valence-corrected chi connectivity index (χ1v) is 12.9. The van der Waals surface area contributed by atoms with Crippen molar-refractivity contribution in [1.29, 1.82) is 0 Å². The molecule has 0 aliphatic heterocycles. The van der Waals surface area contributed by atoms with Crippen molar-refractivity contribution < 1.29 is 0 Å². The molecule has 0 aromatic carbocycles. The minimum absolute atomic E-state index is 0.254.